The van der Waals surface area contributed by atoms with Gasteiger partial charge in [-0.05, 0) is 67.8 Å². The van der Waals surface area contributed by atoms with Crippen LogP contribution in [0, 0.1) is 17.3 Å². The largest absolute Gasteiger partial charge is 0.361 e. The maximum Gasteiger partial charge on any atom is 0.279 e. The van der Waals surface area contributed by atoms with Crippen molar-refractivity contribution < 1.29 is 0 Å². The van der Waals surface area contributed by atoms with Crippen molar-refractivity contribution >= 4 is 27.6 Å². The Morgan fingerprint density at radius 1 is 1.14 bits per heavy atom. The number of aromatic nitrogens is 5. The van der Waals surface area contributed by atoms with Gasteiger partial charge in [0.1, 0.15) is 11.6 Å². The van der Waals surface area contributed by atoms with Crippen molar-refractivity contribution in [2.75, 3.05) is 11.9 Å². The predicted octanol–water partition coefficient (Wildman–Crippen LogP) is 5.53. The lowest BCUT2D eigenvalue weighted by Crippen LogP contribution is -2.56. The lowest BCUT2D eigenvalue weighted by atomic mass is 9.44. The molecule has 37 heavy (non-hydrogen) atoms. The highest BCUT2D eigenvalue weighted by Gasteiger charge is 2.59. The highest BCUT2D eigenvalue weighted by atomic mass is 32.1. The molecule has 8 heteroatoms. The molecule has 3 aromatic heterocycles. The van der Waals surface area contributed by atoms with Crippen LogP contribution in [0.5, 0.6) is 0 Å². The smallest absolute Gasteiger partial charge is 0.279 e. The van der Waals surface area contributed by atoms with Crippen LogP contribution in [-0.2, 0) is 18.4 Å². The van der Waals surface area contributed by atoms with Crippen molar-refractivity contribution in [1.82, 2.24) is 24.5 Å². The molecule has 4 aliphatic carbocycles. The molecule has 2 unspecified atom stereocenters. The van der Waals surface area contributed by atoms with Gasteiger partial charge in [-0.3, -0.25) is 9.36 Å². The number of thiazole rings is 1. The van der Waals surface area contributed by atoms with Crippen LogP contribution in [0.25, 0.3) is 11.2 Å². The van der Waals surface area contributed by atoms with E-state index in [4.69, 9.17) is 9.97 Å². The number of aromatic amines is 1. The van der Waals surface area contributed by atoms with E-state index >= 15 is 0 Å². The Kier molecular flexibility index (Phi) is 5.50. The standard InChI is InChI=1S/C29H34N6OS/c1-2-9-35-22(12-19-6-4-3-5-7-19)32-24-23(25(35)36)33-26(34-24)29-15-20-11-21(16-29)14-28(13-20,17-29)18-31-27-30-8-10-37-27/h3-8,10,20-21H,2,9,11-18H2,1H3,(H,30,31)(H,33,34). The van der Waals surface area contributed by atoms with Crippen molar-refractivity contribution in [2.24, 2.45) is 17.3 Å². The first-order chi connectivity index (χ1) is 18.0. The topological polar surface area (TPSA) is 88.5 Å². The molecule has 2 N–H and O–H groups in total. The second-order valence-electron chi connectivity index (χ2n) is 11.9. The minimum atomic E-state index is 0.0109. The monoisotopic (exact) mass is 514 g/mol. The highest BCUT2D eigenvalue weighted by molar-refractivity contribution is 7.13. The van der Waals surface area contributed by atoms with E-state index in [2.05, 4.69) is 34.3 Å². The lowest BCUT2D eigenvalue weighted by molar-refractivity contribution is -0.0673. The summed E-state index contributed by atoms with van der Waals surface area (Å²) in [7, 11) is 0. The zero-order chi connectivity index (χ0) is 25.0. The first kappa shape index (κ1) is 23.1. The van der Waals surface area contributed by atoms with Crippen molar-refractivity contribution in [3.63, 3.8) is 0 Å². The van der Waals surface area contributed by atoms with Crippen LogP contribution in [0.15, 0.2) is 46.7 Å². The van der Waals surface area contributed by atoms with Crippen LogP contribution in [0.3, 0.4) is 0 Å². The summed E-state index contributed by atoms with van der Waals surface area (Å²) in [5.41, 5.74) is 2.61. The molecule has 4 fully saturated rings. The Balaban J connectivity index is 1.26. The summed E-state index contributed by atoms with van der Waals surface area (Å²) in [4.78, 5) is 31.8. The van der Waals surface area contributed by atoms with Crippen LogP contribution in [-0.4, -0.2) is 31.0 Å². The summed E-state index contributed by atoms with van der Waals surface area (Å²) in [6, 6.07) is 10.3. The second-order valence-corrected chi connectivity index (χ2v) is 12.8. The lowest BCUT2D eigenvalue weighted by Gasteiger charge is -2.61. The number of imidazole rings is 1. The zero-order valence-corrected chi connectivity index (χ0v) is 22.2. The van der Waals surface area contributed by atoms with Gasteiger partial charge in [0, 0.05) is 36.5 Å². The third-order valence-electron chi connectivity index (χ3n) is 9.07. The van der Waals surface area contributed by atoms with Crippen LogP contribution >= 0.6 is 11.3 Å². The summed E-state index contributed by atoms with van der Waals surface area (Å²) in [6.07, 6.45) is 10.7. The molecule has 8 rings (SSSR count). The summed E-state index contributed by atoms with van der Waals surface area (Å²) in [5.74, 6) is 3.26. The van der Waals surface area contributed by atoms with Gasteiger partial charge in [0.15, 0.2) is 16.3 Å². The molecular weight excluding hydrogens is 480 g/mol. The Labute approximate surface area is 220 Å². The van der Waals surface area contributed by atoms with Gasteiger partial charge in [-0.2, -0.15) is 0 Å². The molecule has 0 radical (unpaired) electrons. The van der Waals surface area contributed by atoms with Crippen molar-refractivity contribution in [2.45, 2.75) is 70.3 Å². The molecule has 0 saturated heterocycles. The Hall–Kier alpha value is -3.00. The molecule has 192 valence electrons. The van der Waals surface area contributed by atoms with E-state index in [0.29, 0.717) is 24.1 Å². The van der Waals surface area contributed by atoms with E-state index in [-0.39, 0.29) is 16.4 Å². The number of hydrogen-bond donors (Lipinski definition) is 2. The van der Waals surface area contributed by atoms with Crippen molar-refractivity contribution in [1.29, 1.82) is 0 Å². The average Bonchev–Trinajstić information content (AvgIpc) is 3.56. The maximum atomic E-state index is 13.7. The number of anilines is 1. The second kappa shape index (κ2) is 8.79. The van der Waals surface area contributed by atoms with Gasteiger partial charge in [0.25, 0.3) is 5.56 Å². The average molecular weight is 515 g/mol. The van der Waals surface area contributed by atoms with Gasteiger partial charge in [0.2, 0.25) is 0 Å². The Bertz CT molecular complexity index is 1460. The van der Waals surface area contributed by atoms with E-state index in [1.54, 1.807) is 11.3 Å². The summed E-state index contributed by atoms with van der Waals surface area (Å²) in [6.45, 7) is 3.74. The van der Waals surface area contributed by atoms with Crippen LogP contribution in [0.4, 0.5) is 5.13 Å². The summed E-state index contributed by atoms with van der Waals surface area (Å²) < 4.78 is 1.86. The molecular formula is C29H34N6OS. The number of fused-ring (bicyclic) bond motifs is 1. The molecule has 4 aromatic rings. The molecule has 0 aliphatic heterocycles. The van der Waals surface area contributed by atoms with Gasteiger partial charge >= 0.3 is 0 Å². The van der Waals surface area contributed by atoms with Crippen LogP contribution in [0.1, 0.15) is 69.1 Å². The van der Waals surface area contributed by atoms with Crippen molar-refractivity contribution in [3.05, 3.63) is 69.5 Å². The van der Waals surface area contributed by atoms with Crippen LogP contribution < -0.4 is 10.9 Å². The Morgan fingerprint density at radius 2 is 1.95 bits per heavy atom. The zero-order valence-electron chi connectivity index (χ0n) is 21.4. The fourth-order valence-corrected chi connectivity index (χ4v) is 8.69. The van der Waals surface area contributed by atoms with Gasteiger partial charge in [-0.15, -0.1) is 11.3 Å². The molecule has 2 atom stereocenters. The molecule has 4 bridgehead atoms. The third kappa shape index (κ3) is 4.00. The number of rotatable bonds is 8. The van der Waals surface area contributed by atoms with E-state index in [1.165, 1.54) is 32.1 Å². The van der Waals surface area contributed by atoms with Gasteiger partial charge in [-0.1, -0.05) is 37.3 Å². The van der Waals surface area contributed by atoms with Crippen LogP contribution in [0.2, 0.25) is 0 Å². The maximum absolute atomic E-state index is 13.7. The molecule has 3 heterocycles. The van der Waals surface area contributed by atoms with E-state index in [1.807, 2.05) is 34.3 Å². The number of nitrogens with one attached hydrogen (secondary N) is 2. The molecule has 0 amide bonds. The van der Waals surface area contributed by atoms with Gasteiger partial charge in [-0.25, -0.2) is 15.0 Å². The number of hydrogen-bond acceptors (Lipinski definition) is 6. The van der Waals surface area contributed by atoms with E-state index in [9.17, 15) is 4.79 Å². The summed E-state index contributed by atoms with van der Waals surface area (Å²) >= 11 is 1.67. The molecule has 1 aromatic carbocycles. The molecule has 4 aliphatic rings. The van der Waals surface area contributed by atoms with Gasteiger partial charge in [0.05, 0.1) is 0 Å². The Morgan fingerprint density at radius 3 is 2.68 bits per heavy atom. The van der Waals surface area contributed by atoms with Crippen molar-refractivity contribution in [3.8, 4) is 0 Å². The first-order valence-electron chi connectivity index (χ1n) is 13.7. The first-order valence-corrected chi connectivity index (χ1v) is 14.6. The fraction of sp³-hybridized carbons (Fsp3) is 0.517. The predicted molar refractivity (Wildman–Crippen MR) is 147 cm³/mol. The van der Waals surface area contributed by atoms with E-state index in [0.717, 1.165) is 53.6 Å². The quantitative estimate of drug-likeness (QED) is 0.323. The SMILES string of the molecule is CCCn1c(Cc2ccccc2)nc2nc(C34CC5CC(CC(CNc6nccs6)(C5)C3)C4)[nH]c2c1=O. The minimum absolute atomic E-state index is 0.0109. The fourth-order valence-electron chi connectivity index (χ4n) is 8.16. The number of nitrogens with zero attached hydrogens (tertiary/aromatic N) is 4. The normalized spacial score (nSPS) is 28.2. The minimum Gasteiger partial charge on any atom is -0.361 e. The third-order valence-corrected chi connectivity index (χ3v) is 9.80. The number of H-pyrrole nitrogens is 1. The molecule has 4 saturated carbocycles. The molecule has 0 spiro atoms. The highest BCUT2D eigenvalue weighted by Crippen LogP contribution is 2.65. The van der Waals surface area contributed by atoms with Gasteiger partial charge < -0.3 is 10.3 Å². The molecule has 7 nitrogen and oxygen atoms in total. The number of benzene rings is 1. The van der Waals surface area contributed by atoms with E-state index < -0.39 is 0 Å². The summed E-state index contributed by atoms with van der Waals surface area (Å²) in [5, 5.41) is 6.69.